The maximum Gasteiger partial charge on any atom is 0.119 e. The molecule has 2 rings (SSSR count). The molecule has 1 N–H and O–H groups in total. The van der Waals surface area contributed by atoms with Gasteiger partial charge in [-0.2, -0.15) is 0 Å². The molecular formula is C16H25NO2. The number of hydrogen-bond acceptors (Lipinski definition) is 3. The van der Waals surface area contributed by atoms with Crippen molar-refractivity contribution in [2.75, 3.05) is 19.8 Å². The van der Waals surface area contributed by atoms with Gasteiger partial charge in [-0.3, -0.25) is 4.90 Å². The standard InChI is InChI=1S/C16H25NO2/c1-2-19-16-9-7-14(8-10-16)13-17(11-4-12-18)15-5-3-6-15/h7-10,15,18H,2-6,11-13H2,1H3. The number of hydrogen-bond donors (Lipinski definition) is 1. The Hall–Kier alpha value is -1.06. The molecule has 0 spiro atoms. The van der Waals surface area contributed by atoms with Crippen LogP contribution in [0.2, 0.25) is 0 Å². The van der Waals surface area contributed by atoms with E-state index >= 15 is 0 Å². The van der Waals surface area contributed by atoms with Gasteiger partial charge in [-0.25, -0.2) is 0 Å². The van der Waals surface area contributed by atoms with E-state index in [9.17, 15) is 0 Å². The van der Waals surface area contributed by atoms with Crippen molar-refractivity contribution in [3.63, 3.8) is 0 Å². The third-order valence-corrected chi connectivity index (χ3v) is 3.81. The molecule has 0 atom stereocenters. The lowest BCUT2D eigenvalue weighted by Gasteiger charge is -2.37. The molecule has 0 saturated heterocycles. The maximum absolute atomic E-state index is 9.01. The highest BCUT2D eigenvalue weighted by Gasteiger charge is 2.24. The second-order valence-electron chi connectivity index (χ2n) is 5.21. The topological polar surface area (TPSA) is 32.7 Å². The molecule has 19 heavy (non-hydrogen) atoms. The Balaban J connectivity index is 1.91. The van der Waals surface area contributed by atoms with Crippen LogP contribution in [-0.2, 0) is 6.54 Å². The Labute approximate surface area is 116 Å². The van der Waals surface area contributed by atoms with Crippen LogP contribution in [0.5, 0.6) is 5.75 Å². The molecule has 106 valence electrons. The fourth-order valence-electron chi connectivity index (χ4n) is 2.51. The van der Waals surface area contributed by atoms with E-state index < -0.39 is 0 Å². The zero-order valence-electron chi connectivity index (χ0n) is 11.8. The highest BCUT2D eigenvalue weighted by molar-refractivity contribution is 5.27. The SMILES string of the molecule is CCOc1ccc(CN(CCCO)C2CCC2)cc1. The number of benzene rings is 1. The lowest BCUT2D eigenvalue weighted by atomic mass is 9.91. The summed E-state index contributed by atoms with van der Waals surface area (Å²) in [6, 6.07) is 9.11. The average Bonchev–Trinajstić information content (AvgIpc) is 2.36. The van der Waals surface area contributed by atoms with E-state index in [1.54, 1.807) is 0 Å². The van der Waals surface area contributed by atoms with E-state index in [4.69, 9.17) is 9.84 Å². The van der Waals surface area contributed by atoms with Gasteiger partial charge in [-0.05, 0) is 43.9 Å². The summed E-state index contributed by atoms with van der Waals surface area (Å²) in [5.41, 5.74) is 1.33. The first-order chi connectivity index (χ1) is 9.33. The molecule has 0 heterocycles. The van der Waals surface area contributed by atoms with Crippen LogP contribution < -0.4 is 4.74 Å². The zero-order chi connectivity index (χ0) is 13.5. The van der Waals surface area contributed by atoms with Gasteiger partial charge < -0.3 is 9.84 Å². The Bertz CT molecular complexity index is 360. The fraction of sp³-hybridized carbons (Fsp3) is 0.625. The lowest BCUT2D eigenvalue weighted by molar-refractivity contribution is 0.109. The van der Waals surface area contributed by atoms with Crippen molar-refractivity contribution >= 4 is 0 Å². The van der Waals surface area contributed by atoms with Gasteiger partial charge in [0.05, 0.1) is 6.61 Å². The summed E-state index contributed by atoms with van der Waals surface area (Å²) in [5, 5.41) is 9.01. The van der Waals surface area contributed by atoms with Crippen LogP contribution in [-0.4, -0.2) is 35.8 Å². The molecule has 3 nitrogen and oxygen atoms in total. The van der Waals surface area contributed by atoms with Gasteiger partial charge in [-0.1, -0.05) is 18.6 Å². The van der Waals surface area contributed by atoms with Crippen LogP contribution in [0.4, 0.5) is 0 Å². The van der Waals surface area contributed by atoms with E-state index in [0.717, 1.165) is 31.3 Å². The van der Waals surface area contributed by atoms with Gasteiger partial charge in [0.25, 0.3) is 0 Å². The summed E-state index contributed by atoms with van der Waals surface area (Å²) in [5.74, 6) is 0.941. The highest BCUT2D eigenvalue weighted by atomic mass is 16.5. The van der Waals surface area contributed by atoms with E-state index in [0.29, 0.717) is 6.61 Å². The van der Waals surface area contributed by atoms with Crippen LogP contribution in [0.15, 0.2) is 24.3 Å². The minimum atomic E-state index is 0.284. The molecule has 0 bridgehead atoms. The fourth-order valence-corrected chi connectivity index (χ4v) is 2.51. The number of aliphatic hydroxyl groups excluding tert-OH is 1. The minimum Gasteiger partial charge on any atom is -0.494 e. The first-order valence-corrected chi connectivity index (χ1v) is 7.40. The molecule has 1 aliphatic carbocycles. The van der Waals surface area contributed by atoms with Gasteiger partial charge in [0, 0.05) is 25.7 Å². The van der Waals surface area contributed by atoms with E-state index in [-0.39, 0.29) is 6.61 Å². The Kier molecular flexibility index (Phi) is 5.67. The third kappa shape index (κ3) is 4.22. The third-order valence-electron chi connectivity index (χ3n) is 3.81. The van der Waals surface area contributed by atoms with Crippen molar-refractivity contribution in [2.45, 2.75) is 45.2 Å². The zero-order valence-corrected chi connectivity index (χ0v) is 11.8. The molecule has 0 unspecified atom stereocenters. The molecule has 1 aromatic carbocycles. The molecular weight excluding hydrogens is 238 g/mol. The van der Waals surface area contributed by atoms with Gasteiger partial charge in [0.15, 0.2) is 0 Å². The number of ether oxygens (including phenoxy) is 1. The predicted molar refractivity (Wildman–Crippen MR) is 77.4 cm³/mol. The molecule has 1 saturated carbocycles. The first-order valence-electron chi connectivity index (χ1n) is 7.40. The predicted octanol–water partition coefficient (Wildman–Crippen LogP) is 2.82. The van der Waals surface area contributed by atoms with Crippen molar-refractivity contribution < 1.29 is 9.84 Å². The maximum atomic E-state index is 9.01. The number of rotatable bonds is 8. The van der Waals surface area contributed by atoms with Crippen LogP contribution in [0.1, 0.15) is 38.2 Å². The molecule has 0 amide bonds. The van der Waals surface area contributed by atoms with Crippen molar-refractivity contribution in [1.29, 1.82) is 0 Å². The van der Waals surface area contributed by atoms with Crippen molar-refractivity contribution in [3.05, 3.63) is 29.8 Å². The Morgan fingerprint density at radius 2 is 2.00 bits per heavy atom. The normalized spacial score (nSPS) is 15.5. The summed E-state index contributed by atoms with van der Waals surface area (Å²) < 4.78 is 5.46. The molecule has 1 aliphatic rings. The van der Waals surface area contributed by atoms with E-state index in [1.807, 2.05) is 19.1 Å². The Morgan fingerprint density at radius 1 is 1.26 bits per heavy atom. The monoisotopic (exact) mass is 263 g/mol. The highest BCUT2D eigenvalue weighted by Crippen LogP contribution is 2.26. The van der Waals surface area contributed by atoms with Crippen LogP contribution in [0.25, 0.3) is 0 Å². The number of aliphatic hydroxyl groups is 1. The molecule has 0 aliphatic heterocycles. The van der Waals surface area contributed by atoms with Crippen molar-refractivity contribution in [1.82, 2.24) is 4.90 Å². The molecule has 0 aromatic heterocycles. The van der Waals surface area contributed by atoms with Gasteiger partial charge in [0.2, 0.25) is 0 Å². The molecule has 1 fully saturated rings. The molecule has 0 radical (unpaired) electrons. The summed E-state index contributed by atoms with van der Waals surface area (Å²) in [7, 11) is 0. The largest absolute Gasteiger partial charge is 0.494 e. The Morgan fingerprint density at radius 3 is 2.53 bits per heavy atom. The number of nitrogens with zero attached hydrogens (tertiary/aromatic N) is 1. The van der Waals surface area contributed by atoms with E-state index in [1.165, 1.54) is 24.8 Å². The first kappa shape index (κ1) is 14.4. The minimum absolute atomic E-state index is 0.284. The summed E-state index contributed by atoms with van der Waals surface area (Å²) in [6.45, 7) is 4.98. The summed E-state index contributed by atoms with van der Waals surface area (Å²) in [4.78, 5) is 2.51. The summed E-state index contributed by atoms with van der Waals surface area (Å²) >= 11 is 0. The molecule has 1 aromatic rings. The van der Waals surface area contributed by atoms with Crippen LogP contribution in [0.3, 0.4) is 0 Å². The van der Waals surface area contributed by atoms with Crippen molar-refractivity contribution in [3.8, 4) is 5.75 Å². The second-order valence-corrected chi connectivity index (χ2v) is 5.21. The summed E-state index contributed by atoms with van der Waals surface area (Å²) in [6.07, 6.45) is 4.84. The van der Waals surface area contributed by atoms with Gasteiger partial charge in [-0.15, -0.1) is 0 Å². The van der Waals surface area contributed by atoms with E-state index in [2.05, 4.69) is 17.0 Å². The lowest BCUT2D eigenvalue weighted by Crippen LogP contribution is -2.40. The van der Waals surface area contributed by atoms with Crippen LogP contribution in [0, 0.1) is 0 Å². The molecule has 3 heteroatoms. The average molecular weight is 263 g/mol. The quantitative estimate of drug-likeness (QED) is 0.783. The van der Waals surface area contributed by atoms with Gasteiger partial charge >= 0.3 is 0 Å². The second kappa shape index (κ2) is 7.51. The van der Waals surface area contributed by atoms with Crippen LogP contribution >= 0.6 is 0 Å². The smallest absolute Gasteiger partial charge is 0.119 e. The van der Waals surface area contributed by atoms with Crippen molar-refractivity contribution in [2.24, 2.45) is 0 Å². The van der Waals surface area contributed by atoms with Gasteiger partial charge in [0.1, 0.15) is 5.75 Å².